The van der Waals surface area contributed by atoms with Crippen molar-refractivity contribution in [1.29, 1.82) is 0 Å². The fourth-order valence-corrected chi connectivity index (χ4v) is 3.31. The fourth-order valence-electron chi connectivity index (χ4n) is 3.31. The molecule has 1 saturated heterocycles. The van der Waals surface area contributed by atoms with E-state index >= 15 is 0 Å². The standard InChI is InChI=1S/C17H21N3O/c1-11-6-4-5-7-15(11)14-8-12(2)20(10-14)17(21)16-9-18-19-13(16)3/h4-7,9,12,14H,8,10H2,1-3H3,(H,18,19). The highest BCUT2D eigenvalue weighted by Gasteiger charge is 2.34. The number of benzene rings is 1. The molecule has 0 bridgehead atoms. The SMILES string of the molecule is Cc1ccccc1C1CC(C)N(C(=O)c2cn[nH]c2C)C1. The topological polar surface area (TPSA) is 49.0 Å². The number of amides is 1. The first kappa shape index (κ1) is 13.9. The van der Waals surface area contributed by atoms with E-state index in [-0.39, 0.29) is 11.9 Å². The minimum absolute atomic E-state index is 0.0878. The summed E-state index contributed by atoms with van der Waals surface area (Å²) in [6.45, 7) is 6.95. The van der Waals surface area contributed by atoms with Gasteiger partial charge >= 0.3 is 0 Å². The van der Waals surface area contributed by atoms with Gasteiger partial charge in [-0.25, -0.2) is 0 Å². The van der Waals surface area contributed by atoms with Crippen molar-refractivity contribution >= 4 is 5.91 Å². The van der Waals surface area contributed by atoms with Gasteiger partial charge in [-0.15, -0.1) is 0 Å². The van der Waals surface area contributed by atoms with Crippen molar-refractivity contribution in [2.75, 3.05) is 6.54 Å². The lowest BCUT2D eigenvalue weighted by Crippen LogP contribution is -2.34. The van der Waals surface area contributed by atoms with E-state index < -0.39 is 0 Å². The molecule has 2 heterocycles. The number of hydrogen-bond donors (Lipinski definition) is 1. The highest BCUT2D eigenvalue weighted by atomic mass is 16.2. The molecule has 0 spiro atoms. The third-order valence-corrected chi connectivity index (χ3v) is 4.52. The van der Waals surface area contributed by atoms with E-state index in [0.717, 1.165) is 18.7 Å². The maximum atomic E-state index is 12.7. The molecule has 1 amide bonds. The van der Waals surface area contributed by atoms with Gasteiger partial charge in [0.25, 0.3) is 5.91 Å². The largest absolute Gasteiger partial charge is 0.335 e. The van der Waals surface area contributed by atoms with E-state index in [9.17, 15) is 4.79 Å². The molecule has 4 nitrogen and oxygen atoms in total. The van der Waals surface area contributed by atoms with Crippen LogP contribution in [0.5, 0.6) is 0 Å². The first-order valence-electron chi connectivity index (χ1n) is 7.44. The average Bonchev–Trinajstić information content (AvgIpc) is 3.05. The van der Waals surface area contributed by atoms with Gasteiger partial charge in [0, 0.05) is 24.2 Å². The molecule has 0 aliphatic carbocycles. The molecule has 3 rings (SSSR count). The van der Waals surface area contributed by atoms with Crippen LogP contribution in [0.1, 0.15) is 46.4 Å². The zero-order valence-electron chi connectivity index (χ0n) is 12.8. The summed E-state index contributed by atoms with van der Waals surface area (Å²) in [7, 11) is 0. The zero-order valence-corrected chi connectivity index (χ0v) is 12.8. The molecule has 1 aliphatic rings. The number of aromatic amines is 1. The molecular weight excluding hydrogens is 262 g/mol. The van der Waals surface area contributed by atoms with Crippen LogP contribution in [0.25, 0.3) is 0 Å². The van der Waals surface area contributed by atoms with Gasteiger partial charge in [-0.3, -0.25) is 9.89 Å². The monoisotopic (exact) mass is 283 g/mol. The van der Waals surface area contributed by atoms with Crippen molar-refractivity contribution in [3.05, 3.63) is 52.8 Å². The average molecular weight is 283 g/mol. The maximum Gasteiger partial charge on any atom is 0.257 e. The smallest absolute Gasteiger partial charge is 0.257 e. The van der Waals surface area contributed by atoms with Crippen molar-refractivity contribution < 1.29 is 4.79 Å². The number of rotatable bonds is 2. The summed E-state index contributed by atoms with van der Waals surface area (Å²) in [5.41, 5.74) is 4.20. The molecular formula is C17H21N3O. The van der Waals surface area contributed by atoms with Gasteiger partial charge < -0.3 is 4.90 Å². The molecule has 1 N–H and O–H groups in total. The number of hydrogen-bond acceptors (Lipinski definition) is 2. The minimum atomic E-state index is 0.0878. The van der Waals surface area contributed by atoms with Crippen molar-refractivity contribution in [2.24, 2.45) is 0 Å². The quantitative estimate of drug-likeness (QED) is 0.921. The number of nitrogens with zero attached hydrogens (tertiary/aromatic N) is 2. The second-order valence-corrected chi connectivity index (χ2v) is 6.00. The predicted molar refractivity (Wildman–Crippen MR) is 82.4 cm³/mol. The molecule has 110 valence electrons. The highest BCUT2D eigenvalue weighted by molar-refractivity contribution is 5.95. The van der Waals surface area contributed by atoms with Gasteiger partial charge in [0.15, 0.2) is 0 Å². The van der Waals surface area contributed by atoms with Gasteiger partial charge in [0.1, 0.15) is 0 Å². The molecule has 2 aromatic rings. The first-order valence-corrected chi connectivity index (χ1v) is 7.44. The Bertz CT molecular complexity index is 662. The van der Waals surface area contributed by atoms with Crippen molar-refractivity contribution in [2.45, 2.75) is 39.2 Å². The van der Waals surface area contributed by atoms with Gasteiger partial charge in [-0.05, 0) is 38.3 Å². The predicted octanol–water partition coefficient (Wildman–Crippen LogP) is 3.04. The molecule has 1 fully saturated rings. The van der Waals surface area contributed by atoms with Crippen LogP contribution in [0, 0.1) is 13.8 Å². The van der Waals surface area contributed by atoms with E-state index in [2.05, 4.69) is 48.3 Å². The Hall–Kier alpha value is -2.10. The number of aryl methyl sites for hydroxylation is 2. The van der Waals surface area contributed by atoms with Crippen molar-refractivity contribution in [1.82, 2.24) is 15.1 Å². The summed E-state index contributed by atoms with van der Waals surface area (Å²) in [5, 5.41) is 6.80. The van der Waals surface area contributed by atoms with E-state index in [1.54, 1.807) is 6.20 Å². The molecule has 2 unspecified atom stereocenters. The van der Waals surface area contributed by atoms with Gasteiger partial charge in [-0.2, -0.15) is 5.10 Å². The summed E-state index contributed by atoms with van der Waals surface area (Å²) in [4.78, 5) is 14.6. The van der Waals surface area contributed by atoms with E-state index in [4.69, 9.17) is 0 Å². The molecule has 0 radical (unpaired) electrons. The van der Waals surface area contributed by atoms with Crippen molar-refractivity contribution in [3.8, 4) is 0 Å². The summed E-state index contributed by atoms with van der Waals surface area (Å²) in [6.07, 6.45) is 2.65. The van der Waals surface area contributed by atoms with E-state index in [1.165, 1.54) is 11.1 Å². The lowest BCUT2D eigenvalue weighted by Gasteiger charge is -2.21. The first-order chi connectivity index (χ1) is 10.1. The van der Waals surface area contributed by atoms with Crippen LogP contribution < -0.4 is 0 Å². The Balaban J connectivity index is 1.82. The number of carbonyl (C=O) groups excluding carboxylic acids is 1. The highest BCUT2D eigenvalue weighted by Crippen LogP contribution is 2.34. The van der Waals surface area contributed by atoms with Gasteiger partial charge in [0.2, 0.25) is 0 Å². The third kappa shape index (κ3) is 2.46. The van der Waals surface area contributed by atoms with Crippen LogP contribution in [0.15, 0.2) is 30.5 Å². The van der Waals surface area contributed by atoms with Crippen LogP contribution in [-0.2, 0) is 0 Å². The Morgan fingerprint density at radius 3 is 2.76 bits per heavy atom. The van der Waals surface area contributed by atoms with Gasteiger partial charge in [0.05, 0.1) is 11.8 Å². The van der Waals surface area contributed by atoms with Crippen molar-refractivity contribution in [3.63, 3.8) is 0 Å². The normalized spacial score (nSPS) is 21.8. The number of carbonyl (C=O) groups is 1. The molecule has 1 aromatic heterocycles. The van der Waals surface area contributed by atoms with Crippen LogP contribution in [-0.4, -0.2) is 33.6 Å². The third-order valence-electron chi connectivity index (χ3n) is 4.52. The number of nitrogens with one attached hydrogen (secondary N) is 1. The summed E-state index contributed by atoms with van der Waals surface area (Å²) < 4.78 is 0. The fraction of sp³-hybridized carbons (Fsp3) is 0.412. The zero-order chi connectivity index (χ0) is 15.0. The number of H-pyrrole nitrogens is 1. The Morgan fingerprint density at radius 1 is 1.33 bits per heavy atom. The van der Waals surface area contributed by atoms with Crippen LogP contribution in [0.4, 0.5) is 0 Å². The van der Waals surface area contributed by atoms with Crippen LogP contribution in [0.3, 0.4) is 0 Å². The molecule has 1 aliphatic heterocycles. The van der Waals surface area contributed by atoms with E-state index in [0.29, 0.717) is 11.5 Å². The van der Waals surface area contributed by atoms with E-state index in [1.807, 2.05) is 11.8 Å². The lowest BCUT2D eigenvalue weighted by molar-refractivity contribution is 0.0745. The second kappa shape index (κ2) is 5.35. The number of likely N-dealkylation sites (tertiary alicyclic amines) is 1. The molecule has 2 atom stereocenters. The van der Waals surface area contributed by atoms with Crippen LogP contribution >= 0.6 is 0 Å². The lowest BCUT2D eigenvalue weighted by atomic mass is 9.93. The number of aromatic nitrogens is 2. The van der Waals surface area contributed by atoms with Gasteiger partial charge in [-0.1, -0.05) is 24.3 Å². The summed E-state index contributed by atoms with van der Waals surface area (Å²) in [5.74, 6) is 0.516. The molecule has 1 aromatic carbocycles. The molecule has 21 heavy (non-hydrogen) atoms. The minimum Gasteiger partial charge on any atom is -0.335 e. The van der Waals surface area contributed by atoms with Crippen LogP contribution in [0.2, 0.25) is 0 Å². The molecule has 4 heteroatoms. The Labute approximate surface area is 125 Å². The second-order valence-electron chi connectivity index (χ2n) is 6.00. The summed E-state index contributed by atoms with van der Waals surface area (Å²) >= 11 is 0. The Kier molecular flexibility index (Phi) is 3.53. The Morgan fingerprint density at radius 2 is 2.10 bits per heavy atom. The molecule has 0 saturated carbocycles. The summed E-state index contributed by atoms with van der Waals surface area (Å²) in [6, 6.07) is 8.73. The maximum absolute atomic E-state index is 12.7.